The van der Waals surface area contributed by atoms with Gasteiger partial charge in [0.25, 0.3) is 0 Å². The van der Waals surface area contributed by atoms with Crippen LogP contribution in [0.1, 0.15) is 49.4 Å². The smallest absolute Gasteiger partial charge is 0.337 e. The van der Waals surface area contributed by atoms with Gasteiger partial charge in [-0.2, -0.15) is 0 Å². The minimum atomic E-state index is -0.377. The molecule has 0 aliphatic heterocycles. The third-order valence-electron chi connectivity index (χ3n) is 2.85. The van der Waals surface area contributed by atoms with E-state index in [0.717, 1.165) is 19.3 Å². The summed E-state index contributed by atoms with van der Waals surface area (Å²) in [5.74, 6) is -0.362. The molecular formula is C15H21NO3. The first-order chi connectivity index (χ1) is 9.17. The average Bonchev–Trinajstić information content (AvgIpc) is 2.43. The molecule has 1 aromatic rings. The van der Waals surface area contributed by atoms with Gasteiger partial charge < -0.3 is 10.1 Å². The number of nitrogens with one attached hydrogen (secondary N) is 1. The molecule has 19 heavy (non-hydrogen) atoms. The number of ether oxygens (including phenoxy) is 1. The van der Waals surface area contributed by atoms with Gasteiger partial charge in [0.1, 0.15) is 0 Å². The van der Waals surface area contributed by atoms with E-state index < -0.39 is 0 Å². The molecule has 0 spiro atoms. The number of anilines is 1. The lowest BCUT2D eigenvalue weighted by Crippen LogP contribution is -2.11. The second kappa shape index (κ2) is 8.29. The van der Waals surface area contributed by atoms with Crippen LogP contribution in [0.4, 0.5) is 5.69 Å². The second-order valence-electron chi connectivity index (χ2n) is 4.43. The standard InChI is InChI=1S/C15H21NO3/c1-3-4-5-6-7-14(17)16-13-10-8-12(9-11-13)15(18)19-2/h8-11H,3-7H2,1-2H3,(H,16,17). The van der Waals surface area contributed by atoms with E-state index in [1.807, 2.05) is 0 Å². The van der Waals surface area contributed by atoms with Gasteiger partial charge in [-0.3, -0.25) is 4.79 Å². The van der Waals surface area contributed by atoms with Crippen molar-refractivity contribution in [3.8, 4) is 0 Å². The van der Waals surface area contributed by atoms with E-state index in [1.54, 1.807) is 24.3 Å². The molecule has 0 saturated heterocycles. The van der Waals surface area contributed by atoms with Crippen molar-refractivity contribution in [1.82, 2.24) is 0 Å². The molecule has 0 bridgehead atoms. The lowest BCUT2D eigenvalue weighted by Gasteiger charge is -2.06. The first kappa shape index (κ1) is 15.2. The molecular weight excluding hydrogens is 242 g/mol. The monoisotopic (exact) mass is 263 g/mol. The SMILES string of the molecule is CCCCCCC(=O)Nc1ccc(C(=O)OC)cc1. The highest BCUT2D eigenvalue weighted by Gasteiger charge is 2.06. The Morgan fingerprint density at radius 1 is 1.11 bits per heavy atom. The zero-order valence-corrected chi connectivity index (χ0v) is 11.6. The van der Waals surface area contributed by atoms with Gasteiger partial charge in [-0.25, -0.2) is 4.79 Å². The van der Waals surface area contributed by atoms with Gasteiger partial charge in [-0.15, -0.1) is 0 Å². The number of rotatable bonds is 7. The van der Waals surface area contributed by atoms with Crippen molar-refractivity contribution >= 4 is 17.6 Å². The molecule has 4 nitrogen and oxygen atoms in total. The van der Waals surface area contributed by atoms with E-state index in [2.05, 4.69) is 17.0 Å². The molecule has 0 aliphatic carbocycles. The Labute approximate surface area is 114 Å². The Bertz CT molecular complexity index is 412. The van der Waals surface area contributed by atoms with Crippen LogP contribution in [0.15, 0.2) is 24.3 Å². The number of methoxy groups -OCH3 is 1. The minimum Gasteiger partial charge on any atom is -0.465 e. The average molecular weight is 263 g/mol. The van der Waals surface area contributed by atoms with Crippen molar-refractivity contribution < 1.29 is 14.3 Å². The molecule has 0 radical (unpaired) electrons. The van der Waals surface area contributed by atoms with E-state index in [9.17, 15) is 9.59 Å². The maximum atomic E-state index is 11.6. The van der Waals surface area contributed by atoms with Crippen LogP contribution in [-0.4, -0.2) is 19.0 Å². The van der Waals surface area contributed by atoms with Gasteiger partial charge in [0.05, 0.1) is 12.7 Å². The van der Waals surface area contributed by atoms with Crippen LogP contribution in [0.2, 0.25) is 0 Å². The molecule has 1 aromatic carbocycles. The number of carbonyl (C=O) groups is 2. The Kier molecular flexibility index (Phi) is 6.64. The predicted molar refractivity (Wildman–Crippen MR) is 75.2 cm³/mol. The van der Waals surface area contributed by atoms with Crippen LogP contribution in [0.5, 0.6) is 0 Å². The van der Waals surface area contributed by atoms with Gasteiger partial charge in [0.2, 0.25) is 5.91 Å². The van der Waals surface area contributed by atoms with Crippen molar-refractivity contribution in [2.75, 3.05) is 12.4 Å². The summed E-state index contributed by atoms with van der Waals surface area (Å²) in [4.78, 5) is 22.9. The molecule has 0 atom stereocenters. The van der Waals surface area contributed by atoms with Gasteiger partial charge in [0, 0.05) is 12.1 Å². The number of amides is 1. The summed E-state index contributed by atoms with van der Waals surface area (Å²) in [5.41, 5.74) is 1.18. The summed E-state index contributed by atoms with van der Waals surface area (Å²) < 4.78 is 4.61. The molecule has 0 aliphatic rings. The summed E-state index contributed by atoms with van der Waals surface area (Å²) >= 11 is 0. The highest BCUT2D eigenvalue weighted by molar-refractivity contribution is 5.92. The van der Waals surface area contributed by atoms with Crippen LogP contribution >= 0.6 is 0 Å². The molecule has 1 N–H and O–H groups in total. The fourth-order valence-corrected chi connectivity index (χ4v) is 1.74. The van der Waals surface area contributed by atoms with Gasteiger partial charge >= 0.3 is 5.97 Å². The first-order valence-electron chi connectivity index (χ1n) is 6.65. The van der Waals surface area contributed by atoms with Crippen molar-refractivity contribution in [3.63, 3.8) is 0 Å². The molecule has 0 heterocycles. The Morgan fingerprint density at radius 3 is 2.37 bits per heavy atom. The van der Waals surface area contributed by atoms with E-state index in [0.29, 0.717) is 17.7 Å². The molecule has 1 rings (SSSR count). The summed E-state index contributed by atoms with van der Waals surface area (Å²) in [6.07, 6.45) is 4.88. The number of esters is 1. The minimum absolute atomic E-state index is 0.0157. The Balaban J connectivity index is 2.40. The van der Waals surface area contributed by atoms with Crippen LogP contribution in [0, 0.1) is 0 Å². The molecule has 0 fully saturated rings. The largest absolute Gasteiger partial charge is 0.465 e. The molecule has 4 heteroatoms. The maximum absolute atomic E-state index is 11.6. The first-order valence-corrected chi connectivity index (χ1v) is 6.65. The predicted octanol–water partition coefficient (Wildman–Crippen LogP) is 3.38. The fourth-order valence-electron chi connectivity index (χ4n) is 1.74. The van der Waals surface area contributed by atoms with Crippen LogP contribution in [-0.2, 0) is 9.53 Å². The van der Waals surface area contributed by atoms with Crippen molar-refractivity contribution in [2.45, 2.75) is 39.0 Å². The normalized spacial score (nSPS) is 10.0. The number of carbonyl (C=O) groups excluding carboxylic acids is 2. The summed E-state index contributed by atoms with van der Waals surface area (Å²) in [7, 11) is 1.34. The lowest BCUT2D eigenvalue weighted by atomic mass is 10.1. The van der Waals surface area contributed by atoms with Crippen molar-refractivity contribution in [2.24, 2.45) is 0 Å². The summed E-state index contributed by atoms with van der Waals surface area (Å²) in [6, 6.07) is 6.68. The highest BCUT2D eigenvalue weighted by Crippen LogP contribution is 2.11. The van der Waals surface area contributed by atoms with Crippen LogP contribution in [0.25, 0.3) is 0 Å². The van der Waals surface area contributed by atoms with E-state index >= 15 is 0 Å². The molecule has 0 saturated carbocycles. The number of unbranched alkanes of at least 4 members (excludes halogenated alkanes) is 3. The van der Waals surface area contributed by atoms with E-state index in [-0.39, 0.29) is 11.9 Å². The third kappa shape index (κ3) is 5.55. The number of benzene rings is 1. The van der Waals surface area contributed by atoms with E-state index in [1.165, 1.54) is 13.5 Å². The Morgan fingerprint density at radius 2 is 1.79 bits per heavy atom. The second-order valence-corrected chi connectivity index (χ2v) is 4.43. The van der Waals surface area contributed by atoms with Crippen LogP contribution < -0.4 is 5.32 Å². The summed E-state index contributed by atoms with van der Waals surface area (Å²) in [5, 5.41) is 2.81. The topological polar surface area (TPSA) is 55.4 Å². The lowest BCUT2D eigenvalue weighted by molar-refractivity contribution is -0.116. The highest BCUT2D eigenvalue weighted by atomic mass is 16.5. The van der Waals surface area contributed by atoms with E-state index in [4.69, 9.17) is 0 Å². The molecule has 0 aromatic heterocycles. The summed E-state index contributed by atoms with van der Waals surface area (Å²) in [6.45, 7) is 2.14. The van der Waals surface area contributed by atoms with Crippen LogP contribution in [0.3, 0.4) is 0 Å². The molecule has 0 unspecified atom stereocenters. The third-order valence-corrected chi connectivity index (χ3v) is 2.85. The quantitative estimate of drug-likeness (QED) is 0.606. The maximum Gasteiger partial charge on any atom is 0.337 e. The van der Waals surface area contributed by atoms with Gasteiger partial charge in [-0.05, 0) is 30.7 Å². The zero-order valence-electron chi connectivity index (χ0n) is 11.6. The van der Waals surface area contributed by atoms with Crippen molar-refractivity contribution in [1.29, 1.82) is 0 Å². The Hall–Kier alpha value is -1.84. The number of hydrogen-bond donors (Lipinski definition) is 1. The van der Waals surface area contributed by atoms with Gasteiger partial charge in [0.15, 0.2) is 0 Å². The number of hydrogen-bond acceptors (Lipinski definition) is 3. The van der Waals surface area contributed by atoms with Crippen molar-refractivity contribution in [3.05, 3.63) is 29.8 Å². The zero-order chi connectivity index (χ0) is 14.1. The molecule has 104 valence electrons. The fraction of sp³-hybridized carbons (Fsp3) is 0.467. The van der Waals surface area contributed by atoms with Gasteiger partial charge in [-0.1, -0.05) is 26.2 Å². The molecule has 1 amide bonds.